The van der Waals surface area contributed by atoms with Gasteiger partial charge in [-0.3, -0.25) is 0 Å². The first-order chi connectivity index (χ1) is 9.01. The van der Waals surface area contributed by atoms with E-state index in [1.165, 1.54) is 0 Å². The Labute approximate surface area is 115 Å². The summed E-state index contributed by atoms with van der Waals surface area (Å²) in [5.74, 6) is 0. The van der Waals surface area contributed by atoms with Gasteiger partial charge in [0.15, 0.2) is 0 Å². The third-order valence-electron chi connectivity index (χ3n) is 3.95. The first-order valence-corrected chi connectivity index (χ1v) is 6.97. The van der Waals surface area contributed by atoms with Gasteiger partial charge in [-0.1, -0.05) is 12.1 Å². The third kappa shape index (κ3) is 3.48. The van der Waals surface area contributed by atoms with Gasteiger partial charge in [-0.05, 0) is 57.2 Å². The maximum atomic E-state index is 9.49. The second-order valence-electron chi connectivity index (χ2n) is 5.96. The first-order valence-electron chi connectivity index (χ1n) is 6.97. The quantitative estimate of drug-likeness (QED) is 0.875. The van der Waals surface area contributed by atoms with Gasteiger partial charge in [0.1, 0.15) is 0 Å². The molecule has 0 atom stereocenters. The molecule has 0 amide bonds. The average Bonchev–Trinajstić information content (AvgIpc) is 2.42. The van der Waals surface area contributed by atoms with Crippen LogP contribution in [0.5, 0.6) is 0 Å². The van der Waals surface area contributed by atoms with Crippen molar-refractivity contribution in [2.45, 2.75) is 57.1 Å². The van der Waals surface area contributed by atoms with Crippen molar-refractivity contribution < 1.29 is 5.11 Å². The molecule has 0 heterocycles. The molecule has 3 nitrogen and oxygen atoms in total. The lowest BCUT2D eigenvalue weighted by atomic mass is 9.86. The lowest BCUT2D eigenvalue weighted by molar-refractivity contribution is 0.126. The van der Waals surface area contributed by atoms with Gasteiger partial charge in [0.05, 0.1) is 17.6 Å². The average molecular weight is 258 g/mol. The molecule has 19 heavy (non-hydrogen) atoms. The van der Waals surface area contributed by atoms with Gasteiger partial charge in [0.2, 0.25) is 0 Å². The molecule has 1 aliphatic carbocycles. The maximum absolute atomic E-state index is 9.49. The largest absolute Gasteiger partial charge is 0.393 e. The van der Waals surface area contributed by atoms with E-state index in [2.05, 4.69) is 11.4 Å². The number of aliphatic hydroxyl groups is 1. The zero-order valence-corrected chi connectivity index (χ0v) is 11.7. The minimum absolute atomic E-state index is 0.114. The predicted octanol–water partition coefficient (Wildman–Crippen LogP) is 3.20. The van der Waals surface area contributed by atoms with Crippen LogP contribution in [0.1, 0.15) is 45.1 Å². The molecule has 1 fully saturated rings. The number of nitrogens with one attached hydrogen (secondary N) is 1. The van der Waals surface area contributed by atoms with E-state index < -0.39 is 5.41 Å². The summed E-state index contributed by atoms with van der Waals surface area (Å²) in [6.07, 6.45) is 3.70. The van der Waals surface area contributed by atoms with Gasteiger partial charge in [-0.15, -0.1) is 0 Å². The van der Waals surface area contributed by atoms with Crippen LogP contribution in [0.15, 0.2) is 24.3 Å². The number of hydrogen-bond donors (Lipinski definition) is 2. The Morgan fingerprint density at radius 1 is 1.16 bits per heavy atom. The van der Waals surface area contributed by atoms with E-state index in [9.17, 15) is 5.11 Å². The number of aliphatic hydroxyl groups excluding tert-OH is 1. The Balaban J connectivity index is 1.98. The summed E-state index contributed by atoms with van der Waals surface area (Å²) in [6, 6.07) is 10.9. The van der Waals surface area contributed by atoms with Crippen LogP contribution in [0.3, 0.4) is 0 Å². The van der Waals surface area contributed by atoms with E-state index in [1.54, 1.807) is 0 Å². The number of rotatable bonds is 3. The maximum Gasteiger partial charge on any atom is 0.0766 e. The van der Waals surface area contributed by atoms with Crippen LogP contribution in [0, 0.1) is 11.3 Å². The molecule has 0 spiro atoms. The van der Waals surface area contributed by atoms with E-state index in [0.29, 0.717) is 6.04 Å². The Kier molecular flexibility index (Phi) is 4.11. The molecule has 0 unspecified atom stereocenters. The Hall–Kier alpha value is -1.53. The van der Waals surface area contributed by atoms with Gasteiger partial charge >= 0.3 is 0 Å². The highest BCUT2D eigenvalue weighted by atomic mass is 16.3. The summed E-state index contributed by atoms with van der Waals surface area (Å²) in [5, 5.41) is 22.1. The summed E-state index contributed by atoms with van der Waals surface area (Å²) in [6.45, 7) is 3.86. The number of hydrogen-bond acceptors (Lipinski definition) is 3. The van der Waals surface area contributed by atoms with Crippen molar-refractivity contribution in [1.82, 2.24) is 0 Å². The summed E-state index contributed by atoms with van der Waals surface area (Å²) in [7, 11) is 0. The molecule has 3 heteroatoms. The summed E-state index contributed by atoms with van der Waals surface area (Å²) in [5.41, 5.74) is 1.70. The molecule has 0 aliphatic heterocycles. The van der Waals surface area contributed by atoms with Crippen LogP contribution < -0.4 is 5.32 Å². The number of nitriles is 1. The zero-order valence-electron chi connectivity index (χ0n) is 11.7. The topological polar surface area (TPSA) is 56.0 Å². The molecular formula is C16H22N2O. The normalized spacial score (nSPS) is 23.7. The molecule has 1 aromatic rings. The minimum Gasteiger partial charge on any atom is -0.393 e. The summed E-state index contributed by atoms with van der Waals surface area (Å²) < 4.78 is 0. The highest BCUT2D eigenvalue weighted by Crippen LogP contribution is 2.26. The van der Waals surface area contributed by atoms with Crippen molar-refractivity contribution in [2.75, 3.05) is 5.32 Å². The molecule has 0 saturated heterocycles. The molecular weight excluding hydrogens is 236 g/mol. The molecule has 0 aromatic heterocycles. The van der Waals surface area contributed by atoms with Gasteiger partial charge in [0, 0.05) is 11.7 Å². The fourth-order valence-electron chi connectivity index (χ4n) is 2.50. The Morgan fingerprint density at radius 3 is 2.26 bits per heavy atom. The highest BCUT2D eigenvalue weighted by Gasteiger charge is 2.21. The van der Waals surface area contributed by atoms with Gasteiger partial charge in [-0.25, -0.2) is 0 Å². The van der Waals surface area contributed by atoms with Gasteiger partial charge in [0.25, 0.3) is 0 Å². The summed E-state index contributed by atoms with van der Waals surface area (Å²) in [4.78, 5) is 0. The predicted molar refractivity (Wildman–Crippen MR) is 77.0 cm³/mol. The second-order valence-corrected chi connectivity index (χ2v) is 5.96. The van der Waals surface area contributed by atoms with Crippen LogP contribution in [0.25, 0.3) is 0 Å². The highest BCUT2D eigenvalue weighted by molar-refractivity contribution is 5.47. The van der Waals surface area contributed by atoms with Crippen molar-refractivity contribution in [3.63, 3.8) is 0 Å². The van der Waals surface area contributed by atoms with E-state index in [4.69, 9.17) is 5.26 Å². The van der Waals surface area contributed by atoms with E-state index in [1.807, 2.05) is 38.1 Å². The lowest BCUT2D eigenvalue weighted by Gasteiger charge is -2.27. The molecule has 1 aromatic carbocycles. The molecule has 1 saturated carbocycles. The fraction of sp³-hybridized carbons (Fsp3) is 0.562. The Morgan fingerprint density at radius 2 is 1.74 bits per heavy atom. The second kappa shape index (κ2) is 5.63. The van der Waals surface area contributed by atoms with Crippen molar-refractivity contribution in [1.29, 1.82) is 5.26 Å². The number of anilines is 1. The standard InChI is InChI=1S/C16H22N2O/c1-16(2,11-17)12-3-5-13(6-4-12)18-14-7-9-15(19)10-8-14/h3-6,14-15,18-19H,7-10H2,1-2H3. The van der Waals surface area contributed by atoms with E-state index in [0.717, 1.165) is 36.9 Å². The van der Waals surface area contributed by atoms with Crippen molar-refractivity contribution >= 4 is 5.69 Å². The third-order valence-corrected chi connectivity index (χ3v) is 3.95. The SMILES string of the molecule is CC(C)(C#N)c1ccc(NC2CCC(O)CC2)cc1. The van der Waals surface area contributed by atoms with Crippen LogP contribution >= 0.6 is 0 Å². The molecule has 2 N–H and O–H groups in total. The van der Waals surface area contributed by atoms with Crippen molar-refractivity contribution in [3.8, 4) is 6.07 Å². The van der Waals surface area contributed by atoms with Crippen LogP contribution in [0.2, 0.25) is 0 Å². The van der Waals surface area contributed by atoms with E-state index in [-0.39, 0.29) is 6.10 Å². The van der Waals surface area contributed by atoms with Crippen molar-refractivity contribution in [3.05, 3.63) is 29.8 Å². The number of nitrogens with zero attached hydrogens (tertiary/aromatic N) is 1. The molecule has 1 aliphatic rings. The zero-order chi connectivity index (χ0) is 13.9. The molecule has 0 bridgehead atoms. The van der Waals surface area contributed by atoms with Crippen LogP contribution in [0.4, 0.5) is 5.69 Å². The monoisotopic (exact) mass is 258 g/mol. The molecule has 0 radical (unpaired) electrons. The Bertz CT molecular complexity index is 451. The lowest BCUT2D eigenvalue weighted by Crippen LogP contribution is -2.28. The van der Waals surface area contributed by atoms with Crippen LogP contribution in [-0.2, 0) is 5.41 Å². The minimum atomic E-state index is -0.437. The summed E-state index contributed by atoms with van der Waals surface area (Å²) >= 11 is 0. The fourth-order valence-corrected chi connectivity index (χ4v) is 2.50. The first kappa shape index (κ1) is 13.9. The smallest absolute Gasteiger partial charge is 0.0766 e. The van der Waals surface area contributed by atoms with Crippen molar-refractivity contribution in [2.24, 2.45) is 0 Å². The molecule has 102 valence electrons. The van der Waals surface area contributed by atoms with Gasteiger partial charge < -0.3 is 10.4 Å². The molecule has 2 rings (SSSR count). The van der Waals surface area contributed by atoms with E-state index >= 15 is 0 Å². The van der Waals surface area contributed by atoms with Gasteiger partial charge in [-0.2, -0.15) is 5.26 Å². The number of benzene rings is 1. The van der Waals surface area contributed by atoms with Crippen LogP contribution in [-0.4, -0.2) is 17.3 Å².